The van der Waals surface area contributed by atoms with Crippen LogP contribution in [0.2, 0.25) is 0 Å². The van der Waals surface area contributed by atoms with Gasteiger partial charge in [-0.1, -0.05) is 18.2 Å². The minimum Gasteiger partial charge on any atom is -0.491 e. The van der Waals surface area contributed by atoms with Crippen molar-refractivity contribution in [1.29, 1.82) is 0 Å². The molecule has 2 aliphatic rings. The second-order valence-corrected chi connectivity index (χ2v) is 8.72. The standard InChI is InChI=1S/C21H30N2O4/c1-13-8-6-7-9-17(13)26-12-14(2)22-19(24)18-15-10-23(11-16(15)18)20(25)27-21(3,4)5/h6-9,14-16,18H,10-12H2,1-5H3,(H,22,24)/t14?,15-,16+,18+. The summed E-state index contributed by atoms with van der Waals surface area (Å²) in [6.45, 7) is 11.2. The van der Waals surface area contributed by atoms with E-state index >= 15 is 0 Å². The molecule has 4 atom stereocenters. The van der Waals surface area contributed by atoms with Crippen LogP contribution in [0.1, 0.15) is 33.3 Å². The largest absolute Gasteiger partial charge is 0.491 e. The topological polar surface area (TPSA) is 67.9 Å². The highest BCUT2D eigenvalue weighted by Crippen LogP contribution is 2.52. The number of nitrogens with one attached hydrogen (secondary N) is 1. The first-order valence-electron chi connectivity index (χ1n) is 9.62. The van der Waals surface area contributed by atoms with Crippen LogP contribution in [0.25, 0.3) is 0 Å². The average molecular weight is 374 g/mol. The maximum Gasteiger partial charge on any atom is 0.410 e. The summed E-state index contributed by atoms with van der Waals surface area (Å²) in [5.41, 5.74) is 0.586. The molecule has 0 spiro atoms. The first kappa shape index (κ1) is 19.5. The first-order chi connectivity index (χ1) is 12.7. The summed E-state index contributed by atoms with van der Waals surface area (Å²) in [6.07, 6.45) is -0.283. The minimum absolute atomic E-state index is 0.00426. The number of para-hydroxylation sites is 1. The van der Waals surface area contributed by atoms with Gasteiger partial charge in [-0.15, -0.1) is 0 Å². The number of fused-ring (bicyclic) bond motifs is 1. The molecule has 6 nitrogen and oxygen atoms in total. The summed E-state index contributed by atoms with van der Waals surface area (Å²) in [4.78, 5) is 26.3. The predicted octanol–water partition coefficient (Wildman–Crippen LogP) is 2.99. The molecule has 2 amide bonds. The predicted molar refractivity (Wildman–Crippen MR) is 103 cm³/mol. The summed E-state index contributed by atoms with van der Waals surface area (Å²) in [5, 5.41) is 3.04. The van der Waals surface area contributed by atoms with Crippen LogP contribution in [0.5, 0.6) is 5.75 Å². The molecule has 1 N–H and O–H groups in total. The van der Waals surface area contributed by atoms with Crippen LogP contribution < -0.4 is 10.1 Å². The molecule has 0 bridgehead atoms. The van der Waals surface area contributed by atoms with E-state index in [9.17, 15) is 9.59 Å². The molecular formula is C21H30N2O4. The van der Waals surface area contributed by atoms with Crippen molar-refractivity contribution in [3.63, 3.8) is 0 Å². The lowest BCUT2D eigenvalue weighted by Crippen LogP contribution is -2.41. The number of amides is 2. The van der Waals surface area contributed by atoms with Crippen molar-refractivity contribution in [1.82, 2.24) is 10.2 Å². The molecule has 1 unspecified atom stereocenters. The summed E-state index contributed by atoms with van der Waals surface area (Å²) < 4.78 is 11.2. The van der Waals surface area contributed by atoms with Crippen LogP contribution in [0.4, 0.5) is 4.79 Å². The van der Waals surface area contributed by atoms with Gasteiger partial charge < -0.3 is 19.7 Å². The summed E-state index contributed by atoms with van der Waals surface area (Å²) in [7, 11) is 0. The van der Waals surface area contributed by atoms with E-state index in [0.717, 1.165) is 11.3 Å². The smallest absolute Gasteiger partial charge is 0.410 e. The molecule has 1 saturated carbocycles. The van der Waals surface area contributed by atoms with Crippen molar-refractivity contribution < 1.29 is 19.1 Å². The van der Waals surface area contributed by atoms with E-state index in [0.29, 0.717) is 19.7 Å². The van der Waals surface area contributed by atoms with Gasteiger partial charge in [-0.3, -0.25) is 4.79 Å². The van der Waals surface area contributed by atoms with Gasteiger partial charge in [0.05, 0.1) is 6.04 Å². The zero-order chi connectivity index (χ0) is 19.8. The monoisotopic (exact) mass is 374 g/mol. The van der Waals surface area contributed by atoms with Crippen molar-refractivity contribution in [2.75, 3.05) is 19.7 Å². The minimum atomic E-state index is -0.493. The lowest BCUT2D eigenvalue weighted by Gasteiger charge is -2.26. The van der Waals surface area contributed by atoms with Gasteiger partial charge >= 0.3 is 6.09 Å². The molecule has 0 radical (unpaired) electrons. The number of rotatable bonds is 5. The summed E-state index contributed by atoms with van der Waals surface area (Å²) >= 11 is 0. The Balaban J connectivity index is 1.41. The van der Waals surface area contributed by atoms with Crippen LogP contribution >= 0.6 is 0 Å². The highest BCUT2D eigenvalue weighted by molar-refractivity contribution is 5.83. The SMILES string of the molecule is Cc1ccccc1OCC(C)NC(=O)[C@H]1[C@@H]2CN(C(=O)OC(C)(C)C)C[C@@H]21. The lowest BCUT2D eigenvalue weighted by molar-refractivity contribution is -0.124. The van der Waals surface area contributed by atoms with E-state index in [1.165, 1.54) is 0 Å². The number of piperidine rings is 1. The number of aryl methyl sites for hydroxylation is 1. The van der Waals surface area contributed by atoms with E-state index in [2.05, 4.69) is 5.32 Å². The van der Waals surface area contributed by atoms with E-state index in [1.54, 1.807) is 4.90 Å². The third-order valence-corrected chi connectivity index (χ3v) is 5.12. The van der Waals surface area contributed by atoms with Gasteiger partial charge in [0.2, 0.25) is 5.91 Å². The first-order valence-corrected chi connectivity index (χ1v) is 9.62. The van der Waals surface area contributed by atoms with Gasteiger partial charge in [0, 0.05) is 19.0 Å². The molecule has 1 aliphatic heterocycles. The fourth-order valence-electron chi connectivity index (χ4n) is 3.70. The van der Waals surface area contributed by atoms with Crippen molar-refractivity contribution in [2.45, 2.75) is 46.3 Å². The Morgan fingerprint density at radius 2 is 1.85 bits per heavy atom. The Labute approximate surface area is 161 Å². The molecule has 148 valence electrons. The van der Waals surface area contributed by atoms with Crippen molar-refractivity contribution in [3.05, 3.63) is 29.8 Å². The van der Waals surface area contributed by atoms with Gasteiger partial charge in [-0.25, -0.2) is 4.79 Å². The van der Waals surface area contributed by atoms with Crippen LogP contribution in [0.3, 0.4) is 0 Å². The molecule has 0 aromatic heterocycles. The molecule has 3 rings (SSSR count). The maximum atomic E-state index is 12.5. The zero-order valence-electron chi connectivity index (χ0n) is 16.8. The number of ether oxygens (including phenoxy) is 2. The maximum absolute atomic E-state index is 12.5. The van der Waals surface area contributed by atoms with Gasteiger partial charge in [-0.2, -0.15) is 0 Å². The Morgan fingerprint density at radius 3 is 2.44 bits per heavy atom. The van der Waals surface area contributed by atoms with Gasteiger partial charge in [-0.05, 0) is 58.1 Å². The molecule has 2 fully saturated rings. The highest BCUT2D eigenvalue weighted by Gasteiger charge is 2.60. The Morgan fingerprint density at radius 1 is 1.22 bits per heavy atom. The number of hydrogen-bond donors (Lipinski definition) is 1. The quantitative estimate of drug-likeness (QED) is 0.860. The Kier molecular flexibility index (Phi) is 5.36. The second-order valence-electron chi connectivity index (χ2n) is 8.72. The van der Waals surface area contributed by atoms with Crippen LogP contribution in [0, 0.1) is 24.7 Å². The summed E-state index contributed by atoms with van der Waals surface area (Å²) in [5.74, 6) is 1.42. The van der Waals surface area contributed by atoms with Crippen LogP contribution in [-0.4, -0.2) is 48.2 Å². The zero-order valence-corrected chi connectivity index (χ0v) is 16.8. The average Bonchev–Trinajstić information content (AvgIpc) is 3.07. The molecular weight excluding hydrogens is 344 g/mol. The number of benzene rings is 1. The number of carbonyl (C=O) groups is 2. The van der Waals surface area contributed by atoms with E-state index < -0.39 is 5.60 Å². The third kappa shape index (κ3) is 4.73. The van der Waals surface area contributed by atoms with E-state index in [1.807, 2.05) is 58.9 Å². The third-order valence-electron chi connectivity index (χ3n) is 5.12. The van der Waals surface area contributed by atoms with Crippen molar-refractivity contribution in [3.8, 4) is 5.75 Å². The van der Waals surface area contributed by atoms with Crippen LogP contribution in [0.15, 0.2) is 24.3 Å². The highest BCUT2D eigenvalue weighted by atomic mass is 16.6. The molecule has 1 saturated heterocycles. The Bertz CT molecular complexity index is 700. The van der Waals surface area contributed by atoms with E-state index in [-0.39, 0.29) is 35.8 Å². The summed E-state index contributed by atoms with van der Waals surface area (Å²) in [6, 6.07) is 7.77. The number of likely N-dealkylation sites (tertiary alicyclic amines) is 1. The molecule has 1 heterocycles. The van der Waals surface area contributed by atoms with Gasteiger partial charge in [0.25, 0.3) is 0 Å². The fraction of sp³-hybridized carbons (Fsp3) is 0.619. The molecule has 1 aromatic carbocycles. The van der Waals surface area contributed by atoms with Gasteiger partial charge in [0.1, 0.15) is 18.0 Å². The second kappa shape index (κ2) is 7.41. The lowest BCUT2D eigenvalue weighted by atomic mass is 10.2. The van der Waals surface area contributed by atoms with E-state index in [4.69, 9.17) is 9.47 Å². The van der Waals surface area contributed by atoms with Gasteiger partial charge in [0.15, 0.2) is 0 Å². The number of carbonyl (C=O) groups excluding carboxylic acids is 2. The fourth-order valence-corrected chi connectivity index (χ4v) is 3.70. The Hall–Kier alpha value is -2.24. The van der Waals surface area contributed by atoms with Crippen molar-refractivity contribution >= 4 is 12.0 Å². The van der Waals surface area contributed by atoms with Crippen molar-refractivity contribution in [2.24, 2.45) is 17.8 Å². The molecule has 1 aromatic rings. The van der Waals surface area contributed by atoms with Crippen LogP contribution in [-0.2, 0) is 9.53 Å². The number of nitrogens with zero attached hydrogens (tertiary/aromatic N) is 1. The number of hydrogen-bond acceptors (Lipinski definition) is 4. The molecule has 27 heavy (non-hydrogen) atoms. The molecule has 6 heteroatoms. The molecule has 1 aliphatic carbocycles. The normalized spacial score (nSPS) is 24.8.